The zero-order valence-corrected chi connectivity index (χ0v) is 66.9. The molecule has 1 saturated heterocycles. The summed E-state index contributed by atoms with van der Waals surface area (Å²) < 4.78 is 1.45. The van der Waals surface area contributed by atoms with E-state index in [1.54, 1.807) is 76.9 Å². The van der Waals surface area contributed by atoms with Gasteiger partial charge in [0.25, 0.3) is 0 Å². The van der Waals surface area contributed by atoms with Gasteiger partial charge in [-0.15, -0.1) is 5.10 Å². The number of guanidine groups is 1. The number of hydrogen-bond acceptors (Lipinski definition) is 22. The third-order valence-corrected chi connectivity index (χ3v) is 20.7. The number of aromatic amines is 1. The number of thioether (sulfide) groups is 2. The van der Waals surface area contributed by atoms with Gasteiger partial charge in [0.15, 0.2) is 5.96 Å². The number of rotatable bonds is 48. The van der Waals surface area contributed by atoms with Gasteiger partial charge in [0, 0.05) is 55.0 Å². The van der Waals surface area contributed by atoms with Crippen LogP contribution in [-0.4, -0.2) is 251 Å². The topological polar surface area (TPSA) is 629 Å². The van der Waals surface area contributed by atoms with Gasteiger partial charge in [-0.2, -0.15) is 23.5 Å². The number of H-pyrrole nitrogens is 1. The van der Waals surface area contributed by atoms with Crippen LogP contribution in [0.5, 0.6) is 0 Å². The van der Waals surface area contributed by atoms with E-state index in [1.807, 2.05) is 32.0 Å². The van der Waals surface area contributed by atoms with Crippen molar-refractivity contribution in [3.8, 4) is 11.3 Å². The van der Waals surface area contributed by atoms with Crippen LogP contribution in [-0.2, 0) is 78.3 Å². The highest BCUT2D eigenvalue weighted by Gasteiger charge is 2.46. The molecule has 4 aromatic rings. The first-order valence-corrected chi connectivity index (χ1v) is 40.0. The number of para-hydroxylation sites is 1. The average molecular weight is 1630 g/mol. The zero-order chi connectivity index (χ0) is 84.8. The van der Waals surface area contributed by atoms with Crippen LogP contribution < -0.4 is 81.8 Å². The number of primary amides is 2. The highest BCUT2D eigenvalue weighted by atomic mass is 32.2. The van der Waals surface area contributed by atoms with Crippen LogP contribution >= 0.6 is 23.5 Å². The predicted octanol–water partition coefficient (Wildman–Crippen LogP) is -3.03. The highest BCUT2D eigenvalue weighted by molar-refractivity contribution is 7.98. The van der Waals surface area contributed by atoms with Gasteiger partial charge in [-0.1, -0.05) is 81.6 Å². The molecule has 0 spiro atoms. The number of fused-ring (bicyclic) bond motifs is 1. The summed E-state index contributed by atoms with van der Waals surface area (Å²) in [5.74, 6) is -17.0. The number of aliphatic hydroxyl groups excluding tert-OH is 1. The third-order valence-electron chi connectivity index (χ3n) is 19.4. The molecule has 13 amide bonds. The number of nitrogens with zero attached hydrogens (tertiary/aromatic N) is 5. The van der Waals surface area contributed by atoms with Gasteiger partial charge in [-0.05, 0) is 112 Å². The second-order valence-electron chi connectivity index (χ2n) is 28.2. The number of carbonyl (C=O) groups excluding carboxylic acids is 13. The molecule has 41 heteroatoms. The Bertz CT molecular complexity index is 4100. The van der Waals surface area contributed by atoms with Crippen molar-refractivity contribution in [1.29, 1.82) is 0 Å². The molecule has 2 aromatic heterocycles. The van der Waals surface area contributed by atoms with Crippen molar-refractivity contribution in [2.75, 3.05) is 43.7 Å². The van der Waals surface area contributed by atoms with Crippen molar-refractivity contribution in [3.05, 3.63) is 71.5 Å². The lowest BCUT2D eigenvalue weighted by molar-refractivity contribution is -0.144. The number of nitrogens with two attached hydrogens (primary N) is 5. The first-order valence-electron chi connectivity index (χ1n) is 37.3. The number of aliphatic carboxylic acids is 2. The molecule has 1 fully saturated rings. The Morgan fingerprint density at radius 3 is 1.76 bits per heavy atom. The maximum absolute atomic E-state index is 15.7. The summed E-state index contributed by atoms with van der Waals surface area (Å²) in [5.41, 5.74) is 32.1. The average Bonchev–Trinajstić information content (AvgIpc) is 1.63. The summed E-state index contributed by atoms with van der Waals surface area (Å²) in [6.07, 6.45) is 3.99. The number of aliphatic hydroxyl groups is 1. The van der Waals surface area contributed by atoms with Gasteiger partial charge in [0.05, 0.1) is 37.7 Å². The number of carboxylic acid groups (broad SMARTS) is 2. The molecule has 24 N–H and O–H groups in total. The van der Waals surface area contributed by atoms with Crippen LogP contribution in [0.3, 0.4) is 0 Å². The van der Waals surface area contributed by atoms with Gasteiger partial charge < -0.3 is 107 Å². The minimum Gasteiger partial charge on any atom is -0.481 e. The van der Waals surface area contributed by atoms with E-state index in [2.05, 4.69) is 73.5 Å². The molecule has 0 saturated carbocycles. The lowest BCUT2D eigenvalue weighted by Gasteiger charge is -2.33. The molecule has 114 heavy (non-hydrogen) atoms. The van der Waals surface area contributed by atoms with Crippen LogP contribution in [0.1, 0.15) is 128 Å². The number of nitrogens with one attached hydrogen (secondary N) is 11. The van der Waals surface area contributed by atoms with Crippen molar-refractivity contribution >= 4 is 129 Å². The van der Waals surface area contributed by atoms with Crippen molar-refractivity contribution in [3.63, 3.8) is 0 Å². The number of carboxylic acids is 2. The maximum atomic E-state index is 15.7. The Hall–Kier alpha value is -10.9. The van der Waals surface area contributed by atoms with Gasteiger partial charge >= 0.3 is 11.9 Å². The lowest BCUT2D eigenvalue weighted by atomic mass is 9.96. The van der Waals surface area contributed by atoms with E-state index < -0.39 is 211 Å². The lowest BCUT2D eigenvalue weighted by Crippen LogP contribution is -2.62. The van der Waals surface area contributed by atoms with Crippen molar-refractivity contribution < 1.29 is 87.2 Å². The second-order valence-corrected chi connectivity index (χ2v) is 30.1. The Morgan fingerprint density at radius 2 is 1.16 bits per heavy atom. The smallest absolute Gasteiger partial charge is 0.326 e. The molecule has 0 aliphatic carbocycles. The van der Waals surface area contributed by atoms with E-state index in [0.717, 1.165) is 21.6 Å². The number of hydrogen-bond donors (Lipinski definition) is 19. The van der Waals surface area contributed by atoms with Crippen LogP contribution in [0.4, 0.5) is 0 Å². The Morgan fingerprint density at radius 1 is 0.623 bits per heavy atom. The van der Waals surface area contributed by atoms with E-state index >= 15 is 14.4 Å². The van der Waals surface area contributed by atoms with Gasteiger partial charge in [-0.25, -0.2) is 9.48 Å². The molecule has 15 atom stereocenters. The molecule has 5 rings (SSSR count). The van der Waals surface area contributed by atoms with Crippen molar-refractivity contribution in [2.24, 2.45) is 45.5 Å². The van der Waals surface area contributed by atoms with E-state index in [4.69, 9.17) is 28.7 Å². The summed E-state index contributed by atoms with van der Waals surface area (Å²) in [6.45, 7) is 10.3. The summed E-state index contributed by atoms with van der Waals surface area (Å²) in [7, 11) is 0. The van der Waals surface area contributed by atoms with Crippen LogP contribution in [0.25, 0.3) is 22.2 Å². The molecule has 0 unspecified atom stereocenters. The molecule has 39 nitrogen and oxygen atoms in total. The number of aliphatic imine (C=N–C) groups is 1. The summed E-state index contributed by atoms with van der Waals surface area (Å²) in [5, 5.41) is 64.7. The first-order chi connectivity index (χ1) is 53.9. The zero-order valence-electron chi connectivity index (χ0n) is 65.3. The standard InChI is InChI=1S/C73H109N21O18S2/c1-10-37(4)59(89-62(101)45(74)16-14-24-79-73(77)78)70(109)87-51(30-56(75)96)66(105)85-52(31-57(76)97)67(106)90-60(38(5)11-2)71(110)93-33-42(94-34-53(91-92-94)44-27-36(3)18-19-39(44)6)29-55(93)69(108)86-50(28-41-32-80-46-17-13-12-15-43(41)46)65(104)88-54(35-95)68(107)83-47(20-21-58(98)99)63(102)81-40(7)61(100)82-48(22-25-113-8)64(103)84-49(72(111)112)23-26-114-9/h12-13,15,17-19,27,32,34,37-38,40,42,45,47-52,54-55,59-60,80,95H,10-11,14,16,20-26,28-31,33,35,74H2,1-9H3,(H2,75,96)(H2,76,97)(H,81,102)(H,82,100)(H,83,107)(H,84,103)(H,85,105)(H,86,108)(H,87,109)(H,88,104)(H,89,101)(H,90,106)(H,98,99)(H,111,112)(H4,77,78,79)/t37-,38-,40-,42-,45-,47-,48-,49-,50-,51-,52-,54-,55-,59-,60-/m0/s1. The number of likely N-dealkylation sites (tertiary alicyclic amines) is 1. The largest absolute Gasteiger partial charge is 0.481 e. The van der Waals surface area contributed by atoms with Crippen LogP contribution in [0.15, 0.2) is 59.9 Å². The van der Waals surface area contributed by atoms with E-state index in [0.29, 0.717) is 46.5 Å². The van der Waals surface area contributed by atoms with Gasteiger partial charge in [-0.3, -0.25) is 72.1 Å². The quantitative estimate of drug-likeness (QED) is 0.0119. The Balaban J connectivity index is 1.49. The van der Waals surface area contributed by atoms with E-state index in [-0.39, 0.29) is 57.6 Å². The van der Waals surface area contributed by atoms with Crippen molar-refractivity contribution in [2.45, 2.75) is 204 Å². The maximum Gasteiger partial charge on any atom is 0.326 e. The van der Waals surface area contributed by atoms with Gasteiger partial charge in [0.1, 0.15) is 72.2 Å². The molecule has 1 aliphatic heterocycles. The summed E-state index contributed by atoms with van der Waals surface area (Å²) in [6, 6.07) is -7.09. The predicted molar refractivity (Wildman–Crippen MR) is 423 cm³/mol. The fourth-order valence-electron chi connectivity index (χ4n) is 12.4. The Labute approximate surface area is 667 Å². The highest BCUT2D eigenvalue weighted by Crippen LogP contribution is 2.32. The molecule has 3 heterocycles. The van der Waals surface area contributed by atoms with E-state index in [9.17, 15) is 72.9 Å². The number of aromatic nitrogens is 4. The second kappa shape index (κ2) is 45.7. The van der Waals surface area contributed by atoms with Crippen molar-refractivity contribution in [1.82, 2.24) is 78.0 Å². The molecular weight excluding hydrogens is 1520 g/mol. The minimum absolute atomic E-state index is 0.0484. The number of amides is 13. The molecule has 1 aliphatic rings. The normalized spacial score (nSPS) is 16.6. The minimum atomic E-state index is -1.95. The number of carbonyl (C=O) groups is 15. The number of aryl methyl sites for hydroxylation is 2. The molecule has 626 valence electrons. The third kappa shape index (κ3) is 28.3. The Kier molecular flexibility index (Phi) is 37.5. The molecular formula is C73H109N21O18S2. The molecule has 0 bridgehead atoms. The summed E-state index contributed by atoms with van der Waals surface area (Å²) in [4.78, 5) is 216. The van der Waals surface area contributed by atoms with Gasteiger partial charge in [0.2, 0.25) is 76.8 Å². The fourth-order valence-corrected chi connectivity index (χ4v) is 13.3. The summed E-state index contributed by atoms with van der Waals surface area (Å²) >= 11 is 2.70. The van der Waals surface area contributed by atoms with Crippen LogP contribution in [0, 0.1) is 25.7 Å². The monoisotopic (exact) mass is 1630 g/mol. The first kappa shape index (κ1) is 93.7. The SMILES string of the molecule is CC[C@H](C)[C@H](NC(=O)[C@@H](N)CCCN=C(N)N)C(=O)N[C@@H](CC(N)=O)C(=O)N[C@@H](CC(N)=O)C(=O)N[C@H](C(=O)N1C[C@@H](n2cc(-c3cc(C)ccc3C)nn2)C[C@H]1C(=O)N[C@@H](Cc1c[nH]c2ccccc12)C(=O)N[C@@H](CO)C(=O)N[C@@H](CCC(=O)O)C(=O)N[C@@H](C)C(=O)N[C@@H](CCSC)C(=O)N[C@@H](CCSC)C(=O)O)[C@@H](C)CC. The van der Waals surface area contributed by atoms with E-state index in [1.165, 1.54) is 35.1 Å². The molecule has 2 aromatic carbocycles. The number of benzene rings is 2. The van der Waals surface area contributed by atoms with Crippen LogP contribution in [0.2, 0.25) is 0 Å². The fraction of sp³-hybridized carbons (Fsp3) is 0.562. The molecule has 0 radical (unpaired) electrons.